The molecule has 1 saturated carbocycles. The molecular weight excluding hydrogens is 182 g/mol. The lowest BCUT2D eigenvalue weighted by atomic mass is 9.86. The van der Waals surface area contributed by atoms with E-state index in [4.69, 9.17) is 0 Å². The molecule has 0 aromatic carbocycles. The standard InChI is InChI=1S/C10H19NO.H2S/c12-10(6-2-3-7-10)9-5-1-4-8-11-9;/h9,11-12H,1-8H2;1H2/t9-;/m0./s1. The van der Waals surface area contributed by atoms with Crippen LogP contribution >= 0.6 is 13.5 Å². The molecule has 0 unspecified atom stereocenters. The summed E-state index contributed by atoms with van der Waals surface area (Å²) in [6.07, 6.45) is 8.22. The molecule has 1 heterocycles. The van der Waals surface area contributed by atoms with Crippen molar-refractivity contribution in [2.45, 2.75) is 56.6 Å². The average molecular weight is 203 g/mol. The summed E-state index contributed by atoms with van der Waals surface area (Å²) >= 11 is 0. The lowest BCUT2D eigenvalue weighted by Gasteiger charge is -2.36. The molecule has 1 aliphatic carbocycles. The van der Waals surface area contributed by atoms with Crippen LogP contribution in [0.5, 0.6) is 0 Å². The van der Waals surface area contributed by atoms with E-state index in [-0.39, 0.29) is 19.1 Å². The number of hydrogen-bond acceptors (Lipinski definition) is 2. The second kappa shape index (κ2) is 4.67. The molecule has 13 heavy (non-hydrogen) atoms. The molecule has 1 atom stereocenters. The maximum Gasteiger partial charge on any atom is 0.0800 e. The zero-order chi connectivity index (χ0) is 8.44. The molecular formula is C10H21NOS. The van der Waals surface area contributed by atoms with Crippen molar-refractivity contribution < 1.29 is 5.11 Å². The Hall–Kier alpha value is 0.270. The van der Waals surface area contributed by atoms with Gasteiger partial charge in [-0.15, -0.1) is 0 Å². The van der Waals surface area contributed by atoms with Crippen molar-refractivity contribution in [3.8, 4) is 0 Å². The predicted molar refractivity (Wildman–Crippen MR) is 59.4 cm³/mol. The Kier molecular flexibility index (Phi) is 4.07. The Labute approximate surface area is 87.5 Å². The van der Waals surface area contributed by atoms with Crippen molar-refractivity contribution >= 4 is 13.5 Å². The van der Waals surface area contributed by atoms with E-state index in [2.05, 4.69) is 5.32 Å². The predicted octanol–water partition coefficient (Wildman–Crippen LogP) is 1.55. The molecule has 0 radical (unpaired) electrons. The molecule has 78 valence electrons. The average Bonchev–Trinajstić information content (AvgIpc) is 2.55. The zero-order valence-corrected chi connectivity index (χ0v) is 9.18. The van der Waals surface area contributed by atoms with Crippen LogP contribution in [0.15, 0.2) is 0 Å². The van der Waals surface area contributed by atoms with Crippen molar-refractivity contribution in [3.63, 3.8) is 0 Å². The van der Waals surface area contributed by atoms with Crippen molar-refractivity contribution in [3.05, 3.63) is 0 Å². The maximum absolute atomic E-state index is 10.3. The molecule has 2 fully saturated rings. The Morgan fingerprint density at radius 2 is 1.77 bits per heavy atom. The van der Waals surface area contributed by atoms with Gasteiger partial charge in [-0.05, 0) is 32.2 Å². The molecule has 2 rings (SSSR count). The van der Waals surface area contributed by atoms with Gasteiger partial charge in [0, 0.05) is 6.04 Å². The van der Waals surface area contributed by atoms with E-state index in [1.54, 1.807) is 0 Å². The highest BCUT2D eigenvalue weighted by Crippen LogP contribution is 2.35. The topological polar surface area (TPSA) is 32.3 Å². The quantitative estimate of drug-likeness (QED) is 0.677. The first-order chi connectivity index (χ1) is 5.81. The largest absolute Gasteiger partial charge is 0.388 e. The van der Waals surface area contributed by atoms with Crippen LogP contribution in [0.2, 0.25) is 0 Å². The number of rotatable bonds is 1. The molecule has 0 aromatic heterocycles. The van der Waals surface area contributed by atoms with Gasteiger partial charge in [0.1, 0.15) is 0 Å². The van der Waals surface area contributed by atoms with Gasteiger partial charge in [-0.1, -0.05) is 19.3 Å². The van der Waals surface area contributed by atoms with Crippen LogP contribution in [-0.4, -0.2) is 23.3 Å². The summed E-state index contributed by atoms with van der Waals surface area (Å²) in [6, 6.07) is 0.397. The Morgan fingerprint density at radius 1 is 1.08 bits per heavy atom. The monoisotopic (exact) mass is 203 g/mol. The minimum absolute atomic E-state index is 0. The summed E-state index contributed by atoms with van der Waals surface area (Å²) in [6.45, 7) is 1.10. The SMILES string of the molecule is OC1([C@@H]2CCCCN2)CCCC1.S. The van der Waals surface area contributed by atoms with Gasteiger partial charge in [0.25, 0.3) is 0 Å². The molecule has 2 aliphatic rings. The first kappa shape index (κ1) is 11.3. The van der Waals surface area contributed by atoms with Crippen LogP contribution in [0, 0.1) is 0 Å². The normalized spacial score (nSPS) is 32.5. The van der Waals surface area contributed by atoms with E-state index in [0.717, 1.165) is 19.4 Å². The van der Waals surface area contributed by atoms with E-state index in [0.29, 0.717) is 6.04 Å². The highest BCUT2D eigenvalue weighted by molar-refractivity contribution is 7.59. The number of nitrogens with one attached hydrogen (secondary N) is 1. The first-order valence-electron chi connectivity index (χ1n) is 5.27. The third kappa shape index (κ3) is 2.39. The summed E-state index contributed by atoms with van der Waals surface area (Å²) in [4.78, 5) is 0. The number of aliphatic hydroxyl groups is 1. The van der Waals surface area contributed by atoms with Crippen LogP contribution in [0.1, 0.15) is 44.9 Å². The van der Waals surface area contributed by atoms with Crippen LogP contribution in [0.4, 0.5) is 0 Å². The maximum atomic E-state index is 10.3. The molecule has 0 aromatic rings. The molecule has 0 amide bonds. The summed E-state index contributed by atoms with van der Waals surface area (Å²) < 4.78 is 0. The van der Waals surface area contributed by atoms with Crippen LogP contribution in [-0.2, 0) is 0 Å². The van der Waals surface area contributed by atoms with Gasteiger partial charge < -0.3 is 10.4 Å². The van der Waals surface area contributed by atoms with Crippen molar-refractivity contribution in [2.75, 3.05) is 6.54 Å². The molecule has 2 N–H and O–H groups in total. The number of piperidine rings is 1. The van der Waals surface area contributed by atoms with Crippen molar-refractivity contribution in [1.82, 2.24) is 5.32 Å². The first-order valence-corrected chi connectivity index (χ1v) is 5.27. The third-order valence-corrected chi connectivity index (χ3v) is 3.43. The number of hydrogen-bond donors (Lipinski definition) is 2. The molecule has 2 nitrogen and oxygen atoms in total. The van der Waals surface area contributed by atoms with Crippen LogP contribution in [0.3, 0.4) is 0 Å². The zero-order valence-electron chi connectivity index (χ0n) is 8.18. The van der Waals surface area contributed by atoms with Crippen LogP contribution in [0.25, 0.3) is 0 Å². The molecule has 0 bridgehead atoms. The second-order valence-corrected chi connectivity index (χ2v) is 4.31. The fourth-order valence-electron chi connectivity index (χ4n) is 2.65. The smallest absolute Gasteiger partial charge is 0.0800 e. The van der Waals surface area contributed by atoms with Crippen molar-refractivity contribution in [2.24, 2.45) is 0 Å². The van der Waals surface area contributed by atoms with E-state index >= 15 is 0 Å². The second-order valence-electron chi connectivity index (χ2n) is 4.31. The lowest BCUT2D eigenvalue weighted by molar-refractivity contribution is -0.000746. The molecule has 1 aliphatic heterocycles. The lowest BCUT2D eigenvalue weighted by Crippen LogP contribution is -2.51. The summed E-state index contributed by atoms with van der Waals surface area (Å²) in [5.41, 5.74) is -0.347. The fraction of sp³-hybridized carbons (Fsp3) is 1.00. The van der Waals surface area contributed by atoms with Crippen LogP contribution < -0.4 is 5.32 Å². The van der Waals surface area contributed by atoms with Gasteiger partial charge in [0.2, 0.25) is 0 Å². The summed E-state index contributed by atoms with van der Waals surface area (Å²) in [5, 5.41) is 13.7. The van der Waals surface area contributed by atoms with Gasteiger partial charge >= 0.3 is 0 Å². The van der Waals surface area contributed by atoms with Gasteiger partial charge in [-0.3, -0.25) is 0 Å². The fourth-order valence-corrected chi connectivity index (χ4v) is 2.65. The van der Waals surface area contributed by atoms with E-state index in [1.165, 1.54) is 32.1 Å². The Morgan fingerprint density at radius 3 is 2.31 bits per heavy atom. The molecule has 3 heteroatoms. The minimum Gasteiger partial charge on any atom is -0.388 e. The van der Waals surface area contributed by atoms with E-state index in [1.807, 2.05) is 0 Å². The van der Waals surface area contributed by atoms with E-state index < -0.39 is 0 Å². The molecule has 0 spiro atoms. The van der Waals surface area contributed by atoms with Crippen molar-refractivity contribution in [1.29, 1.82) is 0 Å². The third-order valence-electron chi connectivity index (χ3n) is 3.43. The van der Waals surface area contributed by atoms with E-state index in [9.17, 15) is 5.11 Å². The highest BCUT2D eigenvalue weighted by Gasteiger charge is 2.39. The Bertz CT molecular complexity index is 151. The van der Waals surface area contributed by atoms with Gasteiger partial charge in [-0.2, -0.15) is 13.5 Å². The minimum atomic E-state index is -0.347. The summed E-state index contributed by atoms with van der Waals surface area (Å²) in [7, 11) is 0. The summed E-state index contributed by atoms with van der Waals surface area (Å²) in [5.74, 6) is 0. The molecule has 1 saturated heterocycles. The van der Waals surface area contributed by atoms with Gasteiger partial charge in [0.15, 0.2) is 0 Å². The highest BCUT2D eigenvalue weighted by atomic mass is 32.1. The van der Waals surface area contributed by atoms with Gasteiger partial charge in [-0.25, -0.2) is 0 Å². The van der Waals surface area contributed by atoms with Gasteiger partial charge in [0.05, 0.1) is 5.60 Å². The Balaban J connectivity index is 0.000000845.